The van der Waals surface area contributed by atoms with Gasteiger partial charge in [-0.1, -0.05) is 12.2 Å². The van der Waals surface area contributed by atoms with Crippen LogP contribution in [0.5, 0.6) is 0 Å². The maximum atomic E-state index is 13.1. The van der Waals surface area contributed by atoms with Gasteiger partial charge in [0.25, 0.3) is 0 Å². The zero-order valence-corrected chi connectivity index (χ0v) is 12.5. The van der Waals surface area contributed by atoms with Crippen LogP contribution in [-0.2, 0) is 6.18 Å². The van der Waals surface area contributed by atoms with Gasteiger partial charge >= 0.3 is 35.7 Å². The Balaban J connectivity index is 0.00000242. The molecule has 0 spiro atoms. The van der Waals surface area contributed by atoms with Crippen molar-refractivity contribution < 1.29 is 13.2 Å². The van der Waals surface area contributed by atoms with Gasteiger partial charge in [-0.25, -0.2) is 0 Å². The summed E-state index contributed by atoms with van der Waals surface area (Å²) in [6.07, 6.45) is -4.54. The Morgan fingerprint density at radius 2 is 1.82 bits per heavy atom. The molecule has 0 N–H and O–H groups in total. The molecule has 0 aliphatic carbocycles. The molecular weight excluding hydrogens is 346 g/mol. The zero-order valence-electron chi connectivity index (χ0n) is 10.8. The Morgan fingerprint density at radius 3 is 2.27 bits per heavy atom. The number of nitrogens with zero attached hydrogens (tertiary/aromatic N) is 3. The van der Waals surface area contributed by atoms with Crippen molar-refractivity contribution >= 4 is 70.1 Å². The van der Waals surface area contributed by atoms with Crippen LogP contribution in [0.1, 0.15) is 5.56 Å². The van der Waals surface area contributed by atoms with Crippen LogP contribution >= 0.6 is 24.8 Å². The van der Waals surface area contributed by atoms with E-state index < -0.39 is 11.7 Å². The van der Waals surface area contributed by atoms with Gasteiger partial charge < -0.3 is 9.80 Å². The molecule has 116 valence electrons. The third-order valence-electron chi connectivity index (χ3n) is 3.28. The number of hydrogen-bond acceptors (Lipinski definition) is 4. The molecule has 1 aliphatic rings. The van der Waals surface area contributed by atoms with Gasteiger partial charge in [-0.15, -0.1) is 17.5 Å². The van der Waals surface area contributed by atoms with Crippen LogP contribution in [0.3, 0.4) is 0 Å². The molecule has 1 aliphatic heterocycles. The van der Waals surface area contributed by atoms with E-state index in [4.69, 9.17) is 12.2 Å². The number of rotatable bonds is 2. The number of nitroso groups, excluding NO2 is 1. The normalized spacial score (nSPS) is 15.3. The summed E-state index contributed by atoms with van der Waals surface area (Å²) in [5.74, 6) is 0. The molecule has 1 heterocycles. The predicted octanol–water partition coefficient (Wildman–Crippen LogP) is 2.79. The number of benzene rings is 1. The molecule has 0 radical (unpaired) electrons. The van der Waals surface area contributed by atoms with Crippen molar-refractivity contribution in [1.82, 2.24) is 4.90 Å². The van der Waals surface area contributed by atoms with Crippen molar-refractivity contribution in [3.63, 3.8) is 0 Å². The molecular formula is C12H13F3N3NaOS2. The molecule has 1 aromatic rings. The van der Waals surface area contributed by atoms with E-state index in [-0.39, 0.29) is 40.9 Å². The average molecular weight is 359 g/mol. The molecule has 4 nitrogen and oxygen atoms in total. The first kappa shape index (κ1) is 19.7. The van der Waals surface area contributed by atoms with Crippen molar-refractivity contribution in [2.24, 2.45) is 5.18 Å². The van der Waals surface area contributed by atoms with E-state index in [1.807, 2.05) is 4.90 Å². The first-order valence-corrected chi connectivity index (χ1v) is 6.96. The van der Waals surface area contributed by atoms with E-state index >= 15 is 0 Å². The Labute approximate surface area is 158 Å². The second kappa shape index (κ2) is 7.96. The van der Waals surface area contributed by atoms with Crippen LogP contribution in [0.15, 0.2) is 23.4 Å². The van der Waals surface area contributed by atoms with Gasteiger partial charge in [-0.2, -0.15) is 13.2 Å². The summed E-state index contributed by atoms with van der Waals surface area (Å²) in [6, 6.07) is 3.35. The Kier molecular flexibility index (Phi) is 7.13. The van der Waals surface area contributed by atoms with Crippen LogP contribution in [0.25, 0.3) is 0 Å². The van der Waals surface area contributed by atoms with Gasteiger partial charge in [-0.3, -0.25) is 0 Å². The second-order valence-electron chi connectivity index (χ2n) is 4.55. The zero-order chi connectivity index (χ0) is 15.6. The fraction of sp³-hybridized carbons (Fsp3) is 0.417. The SMILES string of the molecule is O=Nc1ccc(N2CCN(C(=S)S)CC2)c(C(F)(F)F)c1.[NaH]. The number of hydrogen-bond donors (Lipinski definition) is 1. The number of thiocarbonyl (C=S) groups is 1. The summed E-state index contributed by atoms with van der Waals surface area (Å²) < 4.78 is 39.8. The molecule has 1 saturated heterocycles. The van der Waals surface area contributed by atoms with Crippen LogP contribution < -0.4 is 4.90 Å². The van der Waals surface area contributed by atoms with Crippen LogP contribution in [0.4, 0.5) is 24.5 Å². The van der Waals surface area contributed by atoms with Crippen LogP contribution in [0, 0.1) is 4.91 Å². The van der Waals surface area contributed by atoms with Gasteiger partial charge in [0.1, 0.15) is 10.0 Å². The fourth-order valence-electron chi connectivity index (χ4n) is 2.22. The average Bonchev–Trinajstić information content (AvgIpc) is 2.46. The molecule has 0 amide bonds. The van der Waals surface area contributed by atoms with Crippen molar-refractivity contribution in [3.8, 4) is 0 Å². The van der Waals surface area contributed by atoms with E-state index in [0.717, 1.165) is 6.07 Å². The second-order valence-corrected chi connectivity index (χ2v) is 5.66. The van der Waals surface area contributed by atoms with Gasteiger partial charge in [0.2, 0.25) is 0 Å². The Morgan fingerprint density at radius 1 is 1.23 bits per heavy atom. The summed E-state index contributed by atoms with van der Waals surface area (Å²) in [5, 5.41) is 2.56. The number of anilines is 1. The monoisotopic (exact) mass is 359 g/mol. The minimum atomic E-state index is -4.54. The fourth-order valence-corrected chi connectivity index (χ4v) is 2.60. The molecule has 1 aromatic carbocycles. The summed E-state index contributed by atoms with van der Waals surface area (Å²) in [6.45, 7) is 1.82. The van der Waals surface area contributed by atoms with Crippen LogP contribution in [-0.4, -0.2) is 65.0 Å². The summed E-state index contributed by atoms with van der Waals surface area (Å²) in [7, 11) is 0. The van der Waals surface area contributed by atoms with Gasteiger partial charge in [0, 0.05) is 31.9 Å². The first-order chi connectivity index (χ1) is 9.82. The van der Waals surface area contributed by atoms with E-state index in [1.165, 1.54) is 12.1 Å². The van der Waals surface area contributed by atoms with Crippen molar-refractivity contribution in [3.05, 3.63) is 28.7 Å². The van der Waals surface area contributed by atoms with E-state index in [9.17, 15) is 18.1 Å². The predicted molar refractivity (Wildman–Crippen MR) is 89.4 cm³/mol. The number of piperazine rings is 1. The van der Waals surface area contributed by atoms with Gasteiger partial charge in [0.15, 0.2) is 0 Å². The van der Waals surface area contributed by atoms with E-state index in [0.29, 0.717) is 30.5 Å². The summed E-state index contributed by atoms with van der Waals surface area (Å²) in [5.41, 5.74) is -1.03. The molecule has 0 atom stereocenters. The molecule has 2 rings (SSSR count). The molecule has 22 heavy (non-hydrogen) atoms. The number of halogens is 3. The number of alkyl halides is 3. The van der Waals surface area contributed by atoms with Crippen molar-refractivity contribution in [2.45, 2.75) is 6.18 Å². The van der Waals surface area contributed by atoms with Gasteiger partial charge in [-0.05, 0) is 23.4 Å². The standard InChI is InChI=1S/C12H12F3N3OS2.Na.H/c13-12(14,15)9-7-8(16-19)1-2-10(9)17-3-5-18(6-4-17)11(20)21;;/h1-2,7H,3-6H2,(H,20,21);;. The van der Waals surface area contributed by atoms with Gasteiger partial charge in [0.05, 0.1) is 5.56 Å². The first-order valence-electron chi connectivity index (χ1n) is 6.10. The molecule has 0 saturated carbocycles. The van der Waals surface area contributed by atoms with Crippen molar-refractivity contribution in [2.75, 3.05) is 31.1 Å². The molecule has 0 unspecified atom stereocenters. The maximum absolute atomic E-state index is 13.1. The number of thiol groups is 1. The molecule has 0 aromatic heterocycles. The Hall–Kier alpha value is -0.350. The molecule has 10 heteroatoms. The molecule has 0 bridgehead atoms. The van der Waals surface area contributed by atoms with E-state index in [2.05, 4.69) is 17.8 Å². The summed E-state index contributed by atoms with van der Waals surface area (Å²) in [4.78, 5) is 13.9. The third kappa shape index (κ3) is 4.58. The van der Waals surface area contributed by atoms with E-state index in [1.54, 1.807) is 4.90 Å². The minimum absolute atomic E-state index is 0. The van der Waals surface area contributed by atoms with Crippen molar-refractivity contribution in [1.29, 1.82) is 0 Å². The third-order valence-corrected chi connectivity index (χ3v) is 3.82. The topological polar surface area (TPSA) is 35.9 Å². The van der Waals surface area contributed by atoms with Crippen LogP contribution in [0.2, 0.25) is 0 Å². The quantitative estimate of drug-likeness (QED) is 0.381. The Bertz CT molecular complexity index is 563. The summed E-state index contributed by atoms with van der Waals surface area (Å²) >= 11 is 9.00. The molecule has 1 fully saturated rings.